The highest BCUT2D eigenvalue weighted by molar-refractivity contribution is 5.86. The average Bonchev–Trinajstić information content (AvgIpc) is 3.22. The minimum atomic E-state index is -0.428. The third kappa shape index (κ3) is 3.07. The van der Waals surface area contributed by atoms with E-state index in [9.17, 15) is 9.90 Å². The Morgan fingerprint density at radius 3 is 2.24 bits per heavy atom. The number of methoxy groups -OCH3 is 3. The van der Waals surface area contributed by atoms with Crippen molar-refractivity contribution in [1.29, 1.82) is 0 Å². The van der Waals surface area contributed by atoms with Crippen LogP contribution in [0.25, 0.3) is 6.08 Å². The van der Waals surface area contributed by atoms with Gasteiger partial charge in [0.05, 0.1) is 27.9 Å². The van der Waals surface area contributed by atoms with E-state index >= 15 is 0 Å². The van der Waals surface area contributed by atoms with Crippen molar-refractivity contribution >= 4 is 12.4 Å². The first-order valence-electron chi connectivity index (χ1n) is 9.16. The number of rotatable bonds is 6. The van der Waals surface area contributed by atoms with Gasteiger partial charge in [-0.1, -0.05) is 0 Å². The topological polar surface area (TPSA) is 83.5 Å². The normalized spacial score (nSPS) is 19.2. The van der Waals surface area contributed by atoms with Crippen molar-refractivity contribution in [2.45, 2.75) is 5.92 Å². The number of fused-ring (bicyclic) bond motifs is 2. The van der Waals surface area contributed by atoms with Gasteiger partial charge in [0.25, 0.3) is 0 Å². The van der Waals surface area contributed by atoms with E-state index in [1.807, 2.05) is 24.3 Å². The molecule has 4 rings (SSSR count). The van der Waals surface area contributed by atoms with Crippen LogP contribution in [0.3, 0.4) is 0 Å². The Balaban J connectivity index is 1.95. The van der Waals surface area contributed by atoms with Gasteiger partial charge in [0.2, 0.25) is 12.5 Å². The maximum absolute atomic E-state index is 11.8. The Hall–Kier alpha value is -3.19. The summed E-state index contributed by atoms with van der Waals surface area (Å²) in [4.78, 5) is 11.8. The monoisotopic (exact) mass is 398 g/mol. The van der Waals surface area contributed by atoms with Gasteiger partial charge >= 0.3 is 0 Å². The van der Waals surface area contributed by atoms with Gasteiger partial charge < -0.3 is 28.8 Å². The summed E-state index contributed by atoms with van der Waals surface area (Å²) in [5, 5.41) is 10.2. The molecule has 1 N–H and O–H groups in total. The van der Waals surface area contributed by atoms with Crippen LogP contribution >= 0.6 is 0 Å². The molecule has 0 fully saturated rings. The molecule has 0 spiro atoms. The fourth-order valence-electron chi connectivity index (χ4n) is 4.09. The molecule has 0 bridgehead atoms. The van der Waals surface area contributed by atoms with Crippen LogP contribution in [0.4, 0.5) is 0 Å². The van der Waals surface area contributed by atoms with E-state index in [0.29, 0.717) is 34.3 Å². The predicted molar refractivity (Wildman–Crippen MR) is 105 cm³/mol. The Labute approximate surface area is 168 Å². The number of hydrogen-bond acceptors (Lipinski definition) is 7. The Morgan fingerprint density at radius 1 is 1.03 bits per heavy atom. The van der Waals surface area contributed by atoms with Crippen molar-refractivity contribution in [1.82, 2.24) is 0 Å². The molecular formula is C22H22O7. The first kappa shape index (κ1) is 19.1. The molecule has 2 atom stereocenters. The van der Waals surface area contributed by atoms with Crippen molar-refractivity contribution in [3.05, 3.63) is 46.5 Å². The molecule has 29 heavy (non-hydrogen) atoms. The number of carbonyl (C=O) groups excluding carboxylic acids is 1. The lowest BCUT2D eigenvalue weighted by Gasteiger charge is -2.32. The molecule has 0 radical (unpaired) electrons. The molecule has 2 aromatic carbocycles. The first-order chi connectivity index (χ1) is 14.1. The van der Waals surface area contributed by atoms with E-state index in [2.05, 4.69) is 0 Å². The number of aliphatic hydroxyl groups excluding tert-OH is 1. The lowest BCUT2D eigenvalue weighted by molar-refractivity contribution is -0.105. The van der Waals surface area contributed by atoms with Crippen molar-refractivity contribution in [3.8, 4) is 28.7 Å². The number of carbonyl (C=O) groups is 1. The van der Waals surface area contributed by atoms with Crippen LogP contribution in [0.15, 0.2) is 29.8 Å². The predicted octanol–water partition coefficient (Wildman–Crippen LogP) is 2.78. The van der Waals surface area contributed by atoms with Crippen LogP contribution in [-0.4, -0.2) is 46.1 Å². The largest absolute Gasteiger partial charge is 0.493 e. The van der Waals surface area contributed by atoms with Gasteiger partial charge in [0.15, 0.2) is 23.0 Å². The summed E-state index contributed by atoms with van der Waals surface area (Å²) in [5.74, 6) is 2.02. The Kier molecular flexibility index (Phi) is 5.07. The Bertz CT molecular complexity index is 954. The van der Waals surface area contributed by atoms with E-state index < -0.39 is 5.92 Å². The van der Waals surface area contributed by atoms with Crippen LogP contribution in [-0.2, 0) is 4.79 Å². The van der Waals surface area contributed by atoms with E-state index in [0.717, 1.165) is 23.0 Å². The number of aliphatic hydroxyl groups is 1. The molecular weight excluding hydrogens is 376 g/mol. The van der Waals surface area contributed by atoms with Gasteiger partial charge in [0, 0.05) is 11.8 Å². The van der Waals surface area contributed by atoms with Gasteiger partial charge in [0.1, 0.15) is 6.29 Å². The van der Waals surface area contributed by atoms with Crippen LogP contribution in [0.1, 0.15) is 22.6 Å². The molecule has 0 unspecified atom stereocenters. The molecule has 2 aliphatic rings. The molecule has 7 heteroatoms. The second kappa shape index (κ2) is 7.67. The number of ether oxygens (including phenoxy) is 5. The van der Waals surface area contributed by atoms with Crippen LogP contribution in [0.2, 0.25) is 0 Å². The summed E-state index contributed by atoms with van der Waals surface area (Å²) in [5.41, 5.74) is 3.11. The number of benzene rings is 2. The third-order valence-electron chi connectivity index (χ3n) is 5.44. The van der Waals surface area contributed by atoms with Crippen molar-refractivity contribution in [3.63, 3.8) is 0 Å². The molecule has 1 aliphatic heterocycles. The highest BCUT2D eigenvalue weighted by Gasteiger charge is 2.35. The van der Waals surface area contributed by atoms with E-state index in [-0.39, 0.29) is 19.3 Å². The molecule has 1 heterocycles. The van der Waals surface area contributed by atoms with E-state index in [1.54, 1.807) is 27.4 Å². The maximum atomic E-state index is 11.8. The molecule has 152 valence electrons. The summed E-state index contributed by atoms with van der Waals surface area (Å²) < 4.78 is 27.5. The number of aldehydes is 1. The van der Waals surface area contributed by atoms with Crippen molar-refractivity contribution in [2.24, 2.45) is 5.92 Å². The van der Waals surface area contributed by atoms with Crippen LogP contribution in [0, 0.1) is 5.92 Å². The molecule has 2 aromatic rings. The van der Waals surface area contributed by atoms with E-state index in [4.69, 9.17) is 23.7 Å². The van der Waals surface area contributed by atoms with Gasteiger partial charge in [-0.15, -0.1) is 0 Å². The van der Waals surface area contributed by atoms with E-state index in [1.165, 1.54) is 0 Å². The summed E-state index contributed by atoms with van der Waals surface area (Å²) in [6, 6.07) is 7.46. The fraction of sp³-hybridized carbons (Fsp3) is 0.318. The molecule has 0 amide bonds. The van der Waals surface area contributed by atoms with Gasteiger partial charge in [-0.25, -0.2) is 0 Å². The Morgan fingerprint density at radius 2 is 1.69 bits per heavy atom. The SMILES string of the molecule is COc1cc([C@H]2c3cc4c(cc3C=C(C=O)[C@@H]2CO)OCO4)cc(OC)c1OC. The molecule has 0 aromatic heterocycles. The summed E-state index contributed by atoms with van der Waals surface area (Å²) in [6.07, 6.45) is 2.58. The third-order valence-corrected chi connectivity index (χ3v) is 5.44. The molecule has 0 saturated heterocycles. The zero-order chi connectivity index (χ0) is 20.5. The lowest BCUT2D eigenvalue weighted by Crippen LogP contribution is -2.25. The minimum absolute atomic E-state index is 0.154. The smallest absolute Gasteiger partial charge is 0.231 e. The highest BCUT2D eigenvalue weighted by atomic mass is 16.7. The van der Waals surface area contributed by atoms with Crippen LogP contribution < -0.4 is 23.7 Å². The van der Waals surface area contributed by atoms with Crippen molar-refractivity contribution < 1.29 is 33.6 Å². The number of hydrogen-bond donors (Lipinski definition) is 1. The molecule has 1 aliphatic carbocycles. The maximum Gasteiger partial charge on any atom is 0.231 e. The minimum Gasteiger partial charge on any atom is -0.493 e. The first-order valence-corrected chi connectivity index (χ1v) is 9.16. The van der Waals surface area contributed by atoms with Crippen LogP contribution in [0.5, 0.6) is 28.7 Å². The summed E-state index contributed by atoms with van der Waals surface area (Å²) in [7, 11) is 4.64. The quantitative estimate of drug-likeness (QED) is 0.749. The van der Waals surface area contributed by atoms with Gasteiger partial charge in [-0.2, -0.15) is 0 Å². The summed E-state index contributed by atoms with van der Waals surface area (Å²) >= 11 is 0. The zero-order valence-corrected chi connectivity index (χ0v) is 16.4. The fourth-order valence-corrected chi connectivity index (χ4v) is 4.09. The van der Waals surface area contributed by atoms with Crippen molar-refractivity contribution in [2.75, 3.05) is 34.7 Å². The standard InChI is InChI=1S/C22H22O7/c1-25-19-6-13(7-20(26-2)22(19)27-3)21-15-8-18-17(28-11-29-18)5-12(15)4-14(9-23)16(21)10-24/h4-9,16,21,24H,10-11H2,1-3H3/t16-,21-/m0/s1. The van der Waals surface area contributed by atoms with Gasteiger partial charge in [-0.3, -0.25) is 4.79 Å². The second-order valence-electron chi connectivity index (χ2n) is 6.82. The second-order valence-corrected chi connectivity index (χ2v) is 6.82. The zero-order valence-electron chi connectivity index (χ0n) is 16.4. The summed E-state index contributed by atoms with van der Waals surface area (Å²) in [6.45, 7) is -0.0411. The molecule has 0 saturated carbocycles. The highest BCUT2D eigenvalue weighted by Crippen LogP contribution is 2.49. The molecule has 7 nitrogen and oxygen atoms in total. The lowest BCUT2D eigenvalue weighted by atomic mass is 9.72. The van der Waals surface area contributed by atoms with Gasteiger partial charge in [-0.05, 0) is 52.6 Å². The average molecular weight is 398 g/mol.